The summed E-state index contributed by atoms with van der Waals surface area (Å²) in [5.74, 6) is -3.34. The highest BCUT2D eigenvalue weighted by Gasteiger charge is 2.47. The number of nitrogens with zero attached hydrogens (tertiary/aromatic N) is 1. The number of hydrogen-bond acceptors (Lipinski definition) is 5. The molecule has 0 fully saturated rings. The van der Waals surface area contributed by atoms with Crippen molar-refractivity contribution in [3.05, 3.63) is 59.5 Å². The standard InChI is InChI=1S/C23H19BrCl4N2O5/c1-9(2)6-13(23(34)35-8-14(31)29-11-4-5-12(24)10(3)7-11)30-21(32)15-16(22(30)33)18(26)20(28)19(27)17(15)25/h4-5,7,9,13H,6,8H2,1-3H3,(H,29,31)/t13-/m1/s1. The fraction of sp³-hybridized carbons (Fsp3) is 0.304. The van der Waals surface area contributed by atoms with E-state index in [9.17, 15) is 19.2 Å². The lowest BCUT2D eigenvalue weighted by Crippen LogP contribution is -2.47. The summed E-state index contributed by atoms with van der Waals surface area (Å²) in [6, 6.07) is 3.87. The number of anilines is 1. The highest BCUT2D eigenvalue weighted by atomic mass is 79.9. The lowest BCUT2D eigenvalue weighted by molar-refractivity contribution is -0.151. The summed E-state index contributed by atoms with van der Waals surface area (Å²) >= 11 is 27.9. The minimum Gasteiger partial charge on any atom is -0.454 e. The number of carbonyl (C=O) groups excluding carboxylic acids is 4. The zero-order valence-electron chi connectivity index (χ0n) is 18.7. The molecule has 0 bridgehead atoms. The number of ether oxygens (including phenoxy) is 1. The molecule has 1 atom stereocenters. The Labute approximate surface area is 230 Å². The summed E-state index contributed by atoms with van der Waals surface area (Å²) in [6.45, 7) is 4.84. The van der Waals surface area contributed by atoms with Crippen LogP contribution < -0.4 is 5.32 Å². The first kappa shape index (κ1) is 27.7. The second kappa shape index (κ2) is 11.0. The van der Waals surface area contributed by atoms with Crippen LogP contribution in [-0.4, -0.2) is 41.2 Å². The van der Waals surface area contributed by atoms with Gasteiger partial charge in [-0.2, -0.15) is 0 Å². The molecule has 0 spiro atoms. The van der Waals surface area contributed by atoms with Gasteiger partial charge in [0.1, 0.15) is 6.04 Å². The third-order valence-electron chi connectivity index (χ3n) is 5.20. The van der Waals surface area contributed by atoms with Crippen molar-refractivity contribution in [1.29, 1.82) is 0 Å². The Kier molecular flexibility index (Phi) is 8.76. The van der Waals surface area contributed by atoms with Gasteiger partial charge < -0.3 is 10.1 Å². The van der Waals surface area contributed by atoms with Crippen LogP contribution in [-0.2, 0) is 14.3 Å². The maximum atomic E-state index is 13.2. The molecule has 0 saturated heterocycles. The molecule has 1 aliphatic heterocycles. The fourth-order valence-corrected chi connectivity index (χ4v) is 4.82. The van der Waals surface area contributed by atoms with Crippen LogP contribution in [0.4, 0.5) is 5.69 Å². The van der Waals surface area contributed by atoms with Crippen molar-refractivity contribution in [2.24, 2.45) is 5.92 Å². The molecule has 0 aliphatic carbocycles. The predicted octanol–water partition coefficient (Wildman–Crippen LogP) is 6.56. The molecule has 0 radical (unpaired) electrons. The molecule has 12 heteroatoms. The van der Waals surface area contributed by atoms with Crippen molar-refractivity contribution < 1.29 is 23.9 Å². The molecule has 1 N–H and O–H groups in total. The first-order valence-electron chi connectivity index (χ1n) is 10.3. The Morgan fingerprint density at radius 3 is 2.03 bits per heavy atom. The van der Waals surface area contributed by atoms with Crippen LogP contribution in [0, 0.1) is 12.8 Å². The normalized spacial score (nSPS) is 13.8. The van der Waals surface area contributed by atoms with Gasteiger partial charge in [-0.1, -0.05) is 76.2 Å². The number of imide groups is 1. The van der Waals surface area contributed by atoms with Gasteiger partial charge in [-0.05, 0) is 43.0 Å². The minimum absolute atomic E-state index is 0.0779. The van der Waals surface area contributed by atoms with Crippen molar-refractivity contribution in [1.82, 2.24) is 4.90 Å². The predicted molar refractivity (Wildman–Crippen MR) is 139 cm³/mol. The smallest absolute Gasteiger partial charge is 0.329 e. The molecule has 3 amide bonds. The number of aryl methyl sites for hydroxylation is 1. The average molecular weight is 625 g/mol. The maximum absolute atomic E-state index is 13.2. The van der Waals surface area contributed by atoms with E-state index in [1.54, 1.807) is 32.0 Å². The summed E-state index contributed by atoms with van der Waals surface area (Å²) < 4.78 is 6.06. The molecule has 2 aromatic rings. The molecular weight excluding hydrogens is 606 g/mol. The van der Waals surface area contributed by atoms with Gasteiger partial charge in [0.25, 0.3) is 17.7 Å². The third-order valence-corrected chi connectivity index (χ3v) is 7.89. The summed E-state index contributed by atoms with van der Waals surface area (Å²) in [6.07, 6.45) is 0.0779. The summed E-state index contributed by atoms with van der Waals surface area (Å²) in [5, 5.41) is 1.79. The maximum Gasteiger partial charge on any atom is 0.329 e. The number of nitrogens with one attached hydrogen (secondary N) is 1. The van der Waals surface area contributed by atoms with Crippen LogP contribution in [0.1, 0.15) is 46.5 Å². The quantitative estimate of drug-likeness (QED) is 0.163. The van der Waals surface area contributed by atoms with Gasteiger partial charge in [0.15, 0.2) is 6.61 Å². The van der Waals surface area contributed by atoms with Crippen molar-refractivity contribution in [2.45, 2.75) is 33.2 Å². The van der Waals surface area contributed by atoms with Gasteiger partial charge in [0.05, 0.1) is 31.2 Å². The van der Waals surface area contributed by atoms with E-state index in [1.165, 1.54) is 0 Å². The number of rotatable bonds is 7. The topological polar surface area (TPSA) is 92.8 Å². The SMILES string of the molecule is Cc1cc(NC(=O)COC(=O)[C@@H](CC(C)C)N2C(=O)c3c(Cl)c(Cl)c(Cl)c(Cl)c3C2=O)ccc1Br. The number of amides is 3. The summed E-state index contributed by atoms with van der Waals surface area (Å²) in [4.78, 5) is 52.4. The molecule has 0 aromatic heterocycles. The molecule has 7 nitrogen and oxygen atoms in total. The first-order chi connectivity index (χ1) is 16.3. The van der Waals surface area contributed by atoms with Gasteiger partial charge in [-0.25, -0.2) is 4.79 Å². The number of esters is 1. The molecule has 35 heavy (non-hydrogen) atoms. The molecule has 1 heterocycles. The molecule has 3 rings (SSSR count). The Morgan fingerprint density at radius 2 is 1.54 bits per heavy atom. The zero-order chi connectivity index (χ0) is 26.2. The monoisotopic (exact) mass is 622 g/mol. The third kappa shape index (κ3) is 5.62. The number of fused-ring (bicyclic) bond motifs is 1. The minimum atomic E-state index is -1.32. The molecule has 186 valence electrons. The number of carbonyl (C=O) groups is 4. The molecule has 0 saturated carbocycles. The Morgan fingerprint density at radius 1 is 1.00 bits per heavy atom. The van der Waals surface area contributed by atoms with E-state index in [0.717, 1.165) is 14.9 Å². The number of halogens is 5. The summed E-state index contributed by atoms with van der Waals surface area (Å²) in [5.41, 5.74) is 0.950. The van der Waals surface area contributed by atoms with Gasteiger partial charge in [0.2, 0.25) is 0 Å². The van der Waals surface area contributed by atoms with E-state index >= 15 is 0 Å². The average Bonchev–Trinajstić information content (AvgIpc) is 3.05. The van der Waals surface area contributed by atoms with E-state index < -0.39 is 36.3 Å². The van der Waals surface area contributed by atoms with E-state index in [2.05, 4.69) is 21.2 Å². The van der Waals surface area contributed by atoms with Crippen LogP contribution in [0.25, 0.3) is 0 Å². The lowest BCUT2D eigenvalue weighted by Gasteiger charge is -2.26. The van der Waals surface area contributed by atoms with Crippen LogP contribution in [0.2, 0.25) is 20.1 Å². The van der Waals surface area contributed by atoms with Gasteiger partial charge in [-0.15, -0.1) is 0 Å². The van der Waals surface area contributed by atoms with Gasteiger partial charge in [0, 0.05) is 10.2 Å². The van der Waals surface area contributed by atoms with Crippen LogP contribution in [0.15, 0.2) is 22.7 Å². The second-order valence-electron chi connectivity index (χ2n) is 8.25. The van der Waals surface area contributed by atoms with Crippen molar-refractivity contribution >= 4 is 91.7 Å². The largest absolute Gasteiger partial charge is 0.454 e. The Bertz CT molecular complexity index is 1200. The van der Waals surface area contributed by atoms with Crippen molar-refractivity contribution in [3.8, 4) is 0 Å². The van der Waals surface area contributed by atoms with Crippen LogP contribution in [0.5, 0.6) is 0 Å². The van der Waals surface area contributed by atoms with Gasteiger partial charge in [-0.3, -0.25) is 19.3 Å². The molecular formula is C23H19BrCl4N2O5. The van der Waals surface area contributed by atoms with E-state index in [1.807, 2.05) is 6.92 Å². The number of hydrogen-bond donors (Lipinski definition) is 1. The molecule has 1 aliphatic rings. The second-order valence-corrected chi connectivity index (χ2v) is 10.6. The van der Waals surface area contributed by atoms with Crippen LogP contribution >= 0.6 is 62.3 Å². The highest BCUT2D eigenvalue weighted by molar-refractivity contribution is 9.10. The molecule has 0 unspecified atom stereocenters. The Balaban J connectivity index is 1.81. The van der Waals surface area contributed by atoms with Crippen molar-refractivity contribution in [3.63, 3.8) is 0 Å². The number of benzene rings is 2. The van der Waals surface area contributed by atoms with Crippen LogP contribution in [0.3, 0.4) is 0 Å². The van der Waals surface area contributed by atoms with E-state index in [-0.39, 0.29) is 43.6 Å². The molecule has 2 aromatic carbocycles. The highest BCUT2D eigenvalue weighted by Crippen LogP contribution is 2.45. The van der Waals surface area contributed by atoms with Gasteiger partial charge >= 0.3 is 5.97 Å². The lowest BCUT2D eigenvalue weighted by atomic mass is 10.0. The van der Waals surface area contributed by atoms with E-state index in [4.69, 9.17) is 51.1 Å². The zero-order valence-corrected chi connectivity index (χ0v) is 23.3. The fourth-order valence-electron chi connectivity index (χ4n) is 3.56. The first-order valence-corrected chi connectivity index (χ1v) is 12.6. The summed E-state index contributed by atoms with van der Waals surface area (Å²) in [7, 11) is 0. The van der Waals surface area contributed by atoms with Crippen molar-refractivity contribution in [2.75, 3.05) is 11.9 Å². The Hall–Kier alpha value is -1.84. The van der Waals surface area contributed by atoms with E-state index in [0.29, 0.717) is 5.69 Å².